The van der Waals surface area contributed by atoms with E-state index >= 15 is 0 Å². The molecule has 0 saturated carbocycles. The fourth-order valence-corrected chi connectivity index (χ4v) is 1.79. The summed E-state index contributed by atoms with van der Waals surface area (Å²) < 4.78 is 4.61. The Morgan fingerprint density at radius 2 is 0.784 bits per heavy atom. The summed E-state index contributed by atoms with van der Waals surface area (Å²) in [4.78, 5) is 0. The zero-order valence-electron chi connectivity index (χ0n) is 30.5. The van der Waals surface area contributed by atoms with E-state index in [9.17, 15) is 0 Å². The van der Waals surface area contributed by atoms with Crippen LogP contribution in [0.1, 0.15) is 74.7 Å². The largest absolute Gasteiger partial charge is 2.00 e. The third kappa shape index (κ3) is 50.5. The molecular weight excluding hydrogens is 762 g/mol. The summed E-state index contributed by atoms with van der Waals surface area (Å²) >= 11 is 0. The van der Waals surface area contributed by atoms with E-state index in [0.717, 1.165) is 19.6 Å². The standard InChI is InChI=1S/C5H10N.C5H6N.4C4H8N2O2.C4H8O.2Co/c2*1-2-4-6-5-3-1;4*1-3(5-7)4(2)6-8;1-3-5-4-2;;/h1-5H2;1-4H,5H2;4*7-8H,1-2H3;1-4H2;;/q2*-1;;;;;-2;2*+2/b;;4*5-3+,6-4+;;;. The van der Waals surface area contributed by atoms with Crippen molar-refractivity contribution in [3.05, 3.63) is 48.9 Å². The molecule has 0 aromatic carbocycles. The Morgan fingerprint density at radius 3 is 0.843 bits per heavy atom. The maximum Gasteiger partial charge on any atom is 2.00 e. The molecule has 1 fully saturated rings. The van der Waals surface area contributed by atoms with Gasteiger partial charge in [-0.15, -0.1) is 25.7 Å². The number of hydrogen-bond acceptors (Lipinski definition) is 17. The molecule has 298 valence electrons. The van der Waals surface area contributed by atoms with Crippen molar-refractivity contribution >= 4 is 45.7 Å². The predicted molar refractivity (Wildman–Crippen MR) is 194 cm³/mol. The summed E-state index contributed by atoms with van der Waals surface area (Å²) in [6, 6.07) is 0. The van der Waals surface area contributed by atoms with Crippen molar-refractivity contribution in [2.24, 2.45) is 41.2 Å². The Morgan fingerprint density at radius 1 is 0.510 bits per heavy atom. The molecule has 51 heavy (non-hydrogen) atoms. The van der Waals surface area contributed by atoms with Gasteiger partial charge in [-0.3, -0.25) is 0 Å². The molecule has 0 amide bonds. The minimum Gasteiger partial charge on any atom is -0.687 e. The molecule has 0 aromatic heterocycles. The molecule has 0 aliphatic carbocycles. The number of rotatable bonds is 6. The maximum atomic E-state index is 8.03. The van der Waals surface area contributed by atoms with Gasteiger partial charge in [-0.05, 0) is 55.4 Å². The summed E-state index contributed by atoms with van der Waals surface area (Å²) in [5.41, 5.74) is 2.50. The monoisotopic (exact) mass is 818 g/mol. The van der Waals surface area contributed by atoms with Crippen LogP contribution >= 0.6 is 0 Å². The van der Waals surface area contributed by atoms with Crippen molar-refractivity contribution in [3.63, 3.8) is 0 Å². The molecule has 8 N–H and O–H groups in total. The Hall–Kier alpha value is -4.03. The zero-order valence-corrected chi connectivity index (χ0v) is 32.6. The van der Waals surface area contributed by atoms with Gasteiger partial charge in [0.15, 0.2) is 0 Å². The van der Waals surface area contributed by atoms with Crippen molar-refractivity contribution in [1.82, 2.24) is 0 Å². The molecule has 2 radical (unpaired) electrons. The van der Waals surface area contributed by atoms with E-state index in [1.807, 2.05) is 18.2 Å². The van der Waals surface area contributed by atoms with Crippen molar-refractivity contribution in [2.45, 2.75) is 74.7 Å². The van der Waals surface area contributed by atoms with E-state index in [-0.39, 0.29) is 33.6 Å². The van der Waals surface area contributed by atoms with Crippen LogP contribution in [-0.2, 0) is 38.3 Å². The van der Waals surface area contributed by atoms with Crippen LogP contribution in [0, 0.1) is 13.8 Å². The van der Waals surface area contributed by atoms with Crippen molar-refractivity contribution in [1.29, 1.82) is 0 Å². The molecule has 0 unspecified atom stereocenters. The number of nitrogens with zero attached hydrogens (tertiary/aromatic N) is 10. The molecule has 0 bridgehead atoms. The van der Waals surface area contributed by atoms with Crippen molar-refractivity contribution in [2.75, 3.05) is 32.8 Å². The van der Waals surface area contributed by atoms with Crippen LogP contribution < -0.4 is 0 Å². The van der Waals surface area contributed by atoms with Gasteiger partial charge in [0.2, 0.25) is 0 Å². The van der Waals surface area contributed by atoms with Crippen LogP contribution in [0.25, 0.3) is 10.6 Å². The van der Waals surface area contributed by atoms with Gasteiger partial charge in [0.05, 0.1) is 0 Å². The first-order valence-corrected chi connectivity index (χ1v) is 14.6. The SMILES string of the molecule is C1=CC[N-]C=C1.C1CC[N-]CC1.CC(=N\O)/C(C)=N/O.CC(=N\O)/C(C)=N/O.CC(=N\O)/C(C)=N/O.CC(=N\O)/C(C)=N/O.[CH2-]COC[CH2-].[Co+2].[Co+2]. The molecule has 21 heteroatoms. The van der Waals surface area contributed by atoms with Gasteiger partial charge in [-0.2, -0.15) is 6.20 Å². The summed E-state index contributed by atoms with van der Waals surface area (Å²) in [5, 5.41) is 94.6. The number of hydrogen-bond donors (Lipinski definition) is 8. The number of piperidine rings is 1. The fourth-order valence-electron chi connectivity index (χ4n) is 1.79. The first-order valence-electron chi connectivity index (χ1n) is 14.6. The van der Waals surface area contributed by atoms with Crippen molar-refractivity contribution < 1.29 is 80.0 Å². The van der Waals surface area contributed by atoms with Crippen LogP contribution in [0.3, 0.4) is 0 Å². The molecule has 0 atom stereocenters. The van der Waals surface area contributed by atoms with Gasteiger partial charge in [0.25, 0.3) is 0 Å². The second-order valence-corrected chi connectivity index (χ2v) is 8.96. The normalized spacial score (nSPS) is 14.6. The van der Waals surface area contributed by atoms with Gasteiger partial charge in [-0.1, -0.05) is 85.9 Å². The maximum absolute atomic E-state index is 8.03. The van der Waals surface area contributed by atoms with Gasteiger partial charge in [0, 0.05) is 0 Å². The summed E-state index contributed by atoms with van der Waals surface area (Å²) in [5.74, 6) is 0. The average Bonchev–Trinajstić information content (AvgIpc) is 3.18. The smallest absolute Gasteiger partial charge is 0.687 e. The molecule has 2 heterocycles. The second kappa shape index (κ2) is 50.4. The Labute approximate surface area is 322 Å². The van der Waals surface area contributed by atoms with Gasteiger partial charge in [-0.25, -0.2) is 0 Å². The third-order valence-corrected chi connectivity index (χ3v) is 5.37. The summed E-state index contributed by atoms with van der Waals surface area (Å²) in [6.45, 7) is 23.3. The Kier molecular flexibility index (Phi) is 61.3. The minimum atomic E-state index is 0. The number of oxime groups is 8. The molecule has 19 nitrogen and oxygen atoms in total. The van der Waals surface area contributed by atoms with Crippen LogP contribution in [0.15, 0.2) is 65.7 Å². The molecule has 2 aliphatic rings. The van der Waals surface area contributed by atoms with Crippen LogP contribution in [0.2, 0.25) is 0 Å². The summed E-state index contributed by atoms with van der Waals surface area (Å²) in [7, 11) is 0. The van der Waals surface area contributed by atoms with Crippen LogP contribution in [0.4, 0.5) is 0 Å². The van der Waals surface area contributed by atoms with Gasteiger partial charge in [0.1, 0.15) is 45.7 Å². The first kappa shape index (κ1) is 62.1. The van der Waals surface area contributed by atoms with E-state index in [0.29, 0.717) is 58.9 Å². The zero-order chi connectivity index (χ0) is 38.9. The van der Waals surface area contributed by atoms with E-state index < -0.39 is 0 Å². The number of ether oxygens (including phenoxy) is 1. The van der Waals surface area contributed by atoms with E-state index in [4.69, 9.17) is 41.7 Å². The van der Waals surface area contributed by atoms with E-state index in [2.05, 4.69) is 70.5 Å². The van der Waals surface area contributed by atoms with Gasteiger partial charge < -0.3 is 70.9 Å². The van der Waals surface area contributed by atoms with Gasteiger partial charge >= 0.3 is 33.6 Å². The fraction of sp³-hybridized carbons (Fsp3) is 0.533. The molecule has 1 saturated heterocycles. The topological polar surface area (TPSA) is 298 Å². The molecule has 2 aliphatic heterocycles. The van der Waals surface area contributed by atoms with Crippen LogP contribution in [0.5, 0.6) is 0 Å². The van der Waals surface area contributed by atoms with Crippen molar-refractivity contribution in [3.8, 4) is 0 Å². The van der Waals surface area contributed by atoms with Crippen LogP contribution in [-0.4, -0.2) is 120 Å². The first-order chi connectivity index (χ1) is 23.3. The molecule has 2 rings (SSSR count). The van der Waals surface area contributed by atoms with E-state index in [1.165, 1.54) is 74.7 Å². The Balaban J connectivity index is -0.0000000884. The molecule has 0 aromatic rings. The van der Waals surface area contributed by atoms with E-state index in [1.54, 1.807) is 6.20 Å². The quantitative estimate of drug-likeness (QED) is 0.0635. The third-order valence-electron chi connectivity index (χ3n) is 5.37. The second-order valence-electron chi connectivity index (χ2n) is 8.96. The Bertz CT molecular complexity index is 890. The molecule has 0 spiro atoms. The molecular formula is C30H56Co2N10O9. The number of allylic oxidation sites excluding steroid dienone is 2. The summed E-state index contributed by atoms with van der Waals surface area (Å²) in [6.07, 6.45) is 11.8. The minimum absolute atomic E-state index is 0. The average molecular weight is 819 g/mol. The predicted octanol–water partition coefficient (Wildman–Crippen LogP) is 6.40.